The minimum atomic E-state index is -4.28. The predicted octanol–water partition coefficient (Wildman–Crippen LogP) is 4.59. The Balaban J connectivity index is 1.55. The summed E-state index contributed by atoms with van der Waals surface area (Å²) in [6.45, 7) is 4.38. The first-order chi connectivity index (χ1) is 14.3. The standard InChI is InChI=1S/C23H26F3NO3/c1-14-15(4-3-5-19(14)23(24,25)26)10-17-11-16-12-20(27-6-8-30-9-7-27)21(29-2)13-18(16)22(17)28/h3-5,12-14,17,19H,6-11H2,1-2H3. The number of morpholine rings is 1. The summed E-state index contributed by atoms with van der Waals surface area (Å²) in [4.78, 5) is 15.2. The molecular weight excluding hydrogens is 395 g/mol. The molecule has 0 spiro atoms. The van der Waals surface area contributed by atoms with Gasteiger partial charge in [0.2, 0.25) is 0 Å². The summed E-state index contributed by atoms with van der Waals surface area (Å²) in [5.74, 6) is -1.86. The second-order valence-corrected chi connectivity index (χ2v) is 8.23. The number of alkyl halides is 3. The maximum atomic E-state index is 13.3. The number of carbonyl (C=O) groups is 1. The highest BCUT2D eigenvalue weighted by Gasteiger charge is 2.44. The van der Waals surface area contributed by atoms with Gasteiger partial charge in [0, 0.05) is 24.6 Å². The van der Waals surface area contributed by atoms with Gasteiger partial charge in [-0.3, -0.25) is 4.79 Å². The molecule has 3 aliphatic rings. The number of Topliss-reactive ketones (excluding diaryl/α,β-unsaturated/α-hetero) is 1. The Labute approximate surface area is 174 Å². The number of allylic oxidation sites excluding steroid dienone is 4. The van der Waals surface area contributed by atoms with E-state index in [1.165, 1.54) is 12.2 Å². The Morgan fingerprint density at radius 1 is 1.23 bits per heavy atom. The maximum absolute atomic E-state index is 13.3. The number of halogens is 3. The second-order valence-electron chi connectivity index (χ2n) is 8.23. The van der Waals surface area contributed by atoms with Gasteiger partial charge < -0.3 is 14.4 Å². The normalized spacial score (nSPS) is 26.6. The molecule has 3 unspecified atom stereocenters. The van der Waals surface area contributed by atoms with E-state index < -0.39 is 18.0 Å². The summed E-state index contributed by atoms with van der Waals surface area (Å²) in [7, 11) is 1.58. The van der Waals surface area contributed by atoms with Crippen molar-refractivity contribution in [3.05, 3.63) is 47.1 Å². The minimum absolute atomic E-state index is 0.0111. The molecule has 0 bridgehead atoms. The van der Waals surface area contributed by atoms with Gasteiger partial charge in [-0.25, -0.2) is 0 Å². The molecule has 0 amide bonds. The van der Waals surface area contributed by atoms with Crippen LogP contribution in [0.5, 0.6) is 5.75 Å². The Morgan fingerprint density at radius 3 is 2.63 bits per heavy atom. The van der Waals surface area contributed by atoms with Crippen molar-refractivity contribution in [3.63, 3.8) is 0 Å². The van der Waals surface area contributed by atoms with Gasteiger partial charge in [-0.1, -0.05) is 30.7 Å². The number of fused-ring (bicyclic) bond motifs is 1. The van der Waals surface area contributed by atoms with Gasteiger partial charge in [-0.2, -0.15) is 13.2 Å². The first-order valence-electron chi connectivity index (χ1n) is 10.3. The average molecular weight is 421 g/mol. The first kappa shape index (κ1) is 21.0. The molecule has 0 radical (unpaired) electrons. The van der Waals surface area contributed by atoms with Gasteiger partial charge in [0.15, 0.2) is 5.78 Å². The summed E-state index contributed by atoms with van der Waals surface area (Å²) < 4.78 is 50.9. The molecule has 162 valence electrons. The number of benzene rings is 1. The lowest BCUT2D eigenvalue weighted by Gasteiger charge is -2.30. The Hall–Kier alpha value is -2.28. The van der Waals surface area contributed by atoms with Crippen molar-refractivity contribution in [1.82, 2.24) is 0 Å². The van der Waals surface area contributed by atoms with Crippen molar-refractivity contribution in [2.24, 2.45) is 17.8 Å². The lowest BCUT2D eigenvalue weighted by molar-refractivity contribution is -0.170. The van der Waals surface area contributed by atoms with E-state index in [4.69, 9.17) is 9.47 Å². The lowest BCUT2D eigenvalue weighted by atomic mass is 9.79. The highest BCUT2D eigenvalue weighted by Crippen LogP contribution is 2.43. The largest absolute Gasteiger partial charge is 0.495 e. The van der Waals surface area contributed by atoms with E-state index in [9.17, 15) is 18.0 Å². The number of carbonyl (C=O) groups excluding carboxylic acids is 1. The summed E-state index contributed by atoms with van der Waals surface area (Å²) in [6, 6.07) is 3.80. The zero-order chi connectivity index (χ0) is 21.5. The van der Waals surface area contributed by atoms with Gasteiger partial charge in [0.25, 0.3) is 0 Å². The third kappa shape index (κ3) is 3.87. The van der Waals surface area contributed by atoms with Gasteiger partial charge in [0.05, 0.1) is 31.9 Å². The zero-order valence-electron chi connectivity index (χ0n) is 17.2. The monoisotopic (exact) mass is 421 g/mol. The molecule has 1 aromatic carbocycles. The number of rotatable bonds is 4. The molecule has 1 heterocycles. The summed E-state index contributed by atoms with van der Waals surface area (Å²) in [5, 5.41) is 0. The Kier molecular flexibility index (Phi) is 5.66. The first-order valence-corrected chi connectivity index (χ1v) is 10.3. The van der Waals surface area contributed by atoms with Crippen LogP contribution in [0.25, 0.3) is 0 Å². The number of anilines is 1. The lowest BCUT2D eigenvalue weighted by Crippen LogP contribution is -2.36. The molecule has 1 aliphatic heterocycles. The molecule has 1 saturated heterocycles. The highest BCUT2D eigenvalue weighted by molar-refractivity contribution is 6.03. The topological polar surface area (TPSA) is 38.8 Å². The highest BCUT2D eigenvalue weighted by atomic mass is 19.4. The van der Waals surface area contributed by atoms with Crippen LogP contribution >= 0.6 is 0 Å². The van der Waals surface area contributed by atoms with Crippen molar-refractivity contribution in [2.45, 2.75) is 25.9 Å². The van der Waals surface area contributed by atoms with E-state index in [1.54, 1.807) is 26.2 Å². The molecule has 30 heavy (non-hydrogen) atoms. The number of hydrogen-bond acceptors (Lipinski definition) is 4. The van der Waals surface area contributed by atoms with Gasteiger partial charge in [-0.05, 0) is 36.5 Å². The third-order valence-electron chi connectivity index (χ3n) is 6.47. The molecule has 1 fully saturated rings. The number of ether oxygens (including phenoxy) is 2. The van der Waals surface area contributed by atoms with Crippen LogP contribution in [-0.2, 0) is 11.2 Å². The van der Waals surface area contributed by atoms with E-state index in [0.29, 0.717) is 42.9 Å². The minimum Gasteiger partial charge on any atom is -0.495 e. The number of nitrogens with zero attached hydrogens (tertiary/aromatic N) is 1. The molecule has 4 rings (SSSR count). The fourth-order valence-electron chi connectivity index (χ4n) is 4.75. The number of ketones is 1. The smallest absolute Gasteiger partial charge is 0.395 e. The second kappa shape index (κ2) is 8.10. The molecular formula is C23H26F3NO3. The molecule has 7 heteroatoms. The molecule has 1 aromatic rings. The summed E-state index contributed by atoms with van der Waals surface area (Å²) >= 11 is 0. The van der Waals surface area contributed by atoms with Crippen LogP contribution in [0.1, 0.15) is 29.3 Å². The molecule has 0 saturated carbocycles. The number of hydrogen-bond donors (Lipinski definition) is 0. The number of methoxy groups -OCH3 is 1. The van der Waals surface area contributed by atoms with Gasteiger partial charge >= 0.3 is 6.18 Å². The van der Waals surface area contributed by atoms with Crippen LogP contribution in [0.3, 0.4) is 0 Å². The van der Waals surface area contributed by atoms with E-state index in [0.717, 1.165) is 24.3 Å². The van der Waals surface area contributed by atoms with Gasteiger partial charge in [0.1, 0.15) is 5.75 Å². The van der Waals surface area contributed by atoms with E-state index in [2.05, 4.69) is 4.90 Å². The molecule has 0 N–H and O–H groups in total. The van der Waals surface area contributed by atoms with E-state index >= 15 is 0 Å². The fourth-order valence-corrected chi connectivity index (χ4v) is 4.75. The van der Waals surface area contributed by atoms with Crippen LogP contribution in [0, 0.1) is 17.8 Å². The molecule has 0 aromatic heterocycles. The van der Waals surface area contributed by atoms with E-state index in [1.807, 2.05) is 6.07 Å². The average Bonchev–Trinajstić information content (AvgIpc) is 3.03. The Bertz CT molecular complexity index is 884. The SMILES string of the molecule is COc1cc2c(cc1N1CCOCC1)CC(CC1=CC=CC(C(F)(F)F)C1C)C2=O. The Morgan fingerprint density at radius 2 is 1.97 bits per heavy atom. The van der Waals surface area contributed by atoms with Crippen molar-refractivity contribution < 1.29 is 27.4 Å². The molecule has 4 nitrogen and oxygen atoms in total. The quantitative estimate of drug-likeness (QED) is 0.713. The predicted molar refractivity (Wildman–Crippen MR) is 108 cm³/mol. The van der Waals surface area contributed by atoms with Crippen molar-refractivity contribution >= 4 is 11.5 Å². The van der Waals surface area contributed by atoms with Crippen LogP contribution < -0.4 is 9.64 Å². The maximum Gasteiger partial charge on any atom is 0.395 e. The van der Waals surface area contributed by atoms with Crippen molar-refractivity contribution in [3.8, 4) is 5.75 Å². The van der Waals surface area contributed by atoms with Crippen molar-refractivity contribution in [1.29, 1.82) is 0 Å². The van der Waals surface area contributed by atoms with E-state index in [-0.39, 0.29) is 11.7 Å². The van der Waals surface area contributed by atoms with Crippen LogP contribution in [0.2, 0.25) is 0 Å². The third-order valence-corrected chi connectivity index (χ3v) is 6.47. The zero-order valence-corrected chi connectivity index (χ0v) is 17.2. The van der Waals surface area contributed by atoms with Crippen LogP contribution in [0.4, 0.5) is 18.9 Å². The van der Waals surface area contributed by atoms with Gasteiger partial charge in [-0.15, -0.1) is 0 Å². The fraction of sp³-hybridized carbons (Fsp3) is 0.522. The molecule has 3 atom stereocenters. The van der Waals surface area contributed by atoms with Crippen LogP contribution in [0.15, 0.2) is 35.9 Å². The van der Waals surface area contributed by atoms with Crippen LogP contribution in [-0.4, -0.2) is 45.4 Å². The van der Waals surface area contributed by atoms with Crippen molar-refractivity contribution in [2.75, 3.05) is 38.3 Å². The summed E-state index contributed by atoms with van der Waals surface area (Å²) in [6.07, 6.45) is 1.03. The molecule has 2 aliphatic carbocycles. The summed E-state index contributed by atoms with van der Waals surface area (Å²) in [5.41, 5.74) is 3.20.